The molecule has 0 aromatic heterocycles. The zero-order chi connectivity index (χ0) is 15.7. The summed E-state index contributed by atoms with van der Waals surface area (Å²) in [7, 11) is 1.50. The number of carbonyl (C=O) groups is 2. The summed E-state index contributed by atoms with van der Waals surface area (Å²) in [5.41, 5.74) is 0.527. The fourth-order valence-corrected chi connectivity index (χ4v) is 3.39. The van der Waals surface area contributed by atoms with Crippen LogP contribution in [0.4, 0.5) is 10.1 Å². The van der Waals surface area contributed by atoms with Crippen molar-refractivity contribution in [3.05, 3.63) is 30.1 Å². The fraction of sp³-hybridized carbons (Fsp3) is 0.500. The van der Waals surface area contributed by atoms with Crippen LogP contribution >= 0.6 is 0 Å². The number of likely N-dealkylation sites (tertiary alicyclic amines) is 1. The second kappa shape index (κ2) is 5.68. The first-order valence-corrected chi connectivity index (χ1v) is 7.36. The summed E-state index contributed by atoms with van der Waals surface area (Å²) >= 11 is 0. The van der Waals surface area contributed by atoms with Crippen molar-refractivity contribution >= 4 is 17.5 Å². The van der Waals surface area contributed by atoms with Crippen molar-refractivity contribution in [2.45, 2.75) is 12.8 Å². The normalized spacial score (nSPS) is 24.5. The lowest BCUT2D eigenvalue weighted by Crippen LogP contribution is -2.35. The van der Waals surface area contributed by atoms with E-state index in [1.165, 1.54) is 19.2 Å². The molecular formula is C16H19FN2O3. The van der Waals surface area contributed by atoms with Gasteiger partial charge in [-0.1, -0.05) is 0 Å². The number of hydrogen-bond acceptors (Lipinski definition) is 3. The molecule has 1 spiro atoms. The molecular weight excluding hydrogens is 287 g/mol. The number of benzene rings is 1. The van der Waals surface area contributed by atoms with E-state index in [0.29, 0.717) is 31.7 Å². The molecule has 0 unspecified atom stereocenters. The highest BCUT2D eigenvalue weighted by Crippen LogP contribution is 2.41. The van der Waals surface area contributed by atoms with E-state index in [9.17, 15) is 14.0 Å². The van der Waals surface area contributed by atoms with Crippen molar-refractivity contribution in [2.75, 3.05) is 38.3 Å². The highest BCUT2D eigenvalue weighted by Gasteiger charge is 2.48. The third-order valence-corrected chi connectivity index (χ3v) is 4.52. The van der Waals surface area contributed by atoms with Crippen molar-refractivity contribution < 1.29 is 18.7 Å². The monoisotopic (exact) mass is 306 g/mol. The van der Waals surface area contributed by atoms with E-state index in [1.54, 1.807) is 21.9 Å². The molecule has 3 rings (SSSR count). The van der Waals surface area contributed by atoms with E-state index < -0.39 is 0 Å². The highest BCUT2D eigenvalue weighted by atomic mass is 19.1. The van der Waals surface area contributed by atoms with Crippen LogP contribution in [0.1, 0.15) is 12.8 Å². The van der Waals surface area contributed by atoms with Crippen LogP contribution < -0.4 is 4.90 Å². The van der Waals surface area contributed by atoms with E-state index in [4.69, 9.17) is 4.74 Å². The van der Waals surface area contributed by atoms with Crippen molar-refractivity contribution in [1.29, 1.82) is 0 Å². The Balaban J connectivity index is 1.72. The van der Waals surface area contributed by atoms with Crippen molar-refractivity contribution in [3.63, 3.8) is 0 Å². The van der Waals surface area contributed by atoms with Gasteiger partial charge in [-0.05, 0) is 30.7 Å². The molecule has 2 saturated heterocycles. The summed E-state index contributed by atoms with van der Waals surface area (Å²) in [6.45, 7) is 1.89. The first-order chi connectivity index (χ1) is 10.5. The summed E-state index contributed by atoms with van der Waals surface area (Å²) in [5.74, 6) is -0.318. The molecule has 0 radical (unpaired) electrons. The molecule has 0 N–H and O–H groups in total. The number of methoxy groups -OCH3 is 1. The van der Waals surface area contributed by atoms with Gasteiger partial charge >= 0.3 is 0 Å². The number of carbonyl (C=O) groups excluding carboxylic acids is 2. The predicted molar refractivity (Wildman–Crippen MR) is 78.9 cm³/mol. The van der Waals surface area contributed by atoms with E-state index >= 15 is 0 Å². The van der Waals surface area contributed by atoms with E-state index in [-0.39, 0.29) is 29.7 Å². The Bertz CT molecular complexity index is 590. The average Bonchev–Trinajstić information content (AvgIpc) is 3.04. The molecule has 2 aliphatic rings. The first kappa shape index (κ1) is 15.0. The van der Waals surface area contributed by atoms with Crippen LogP contribution in [0.25, 0.3) is 0 Å². The minimum Gasteiger partial charge on any atom is -0.375 e. The molecule has 1 aromatic carbocycles. The number of amides is 2. The number of hydrogen-bond donors (Lipinski definition) is 0. The molecule has 1 aromatic rings. The third kappa shape index (κ3) is 2.70. The number of nitrogens with zero attached hydrogens (tertiary/aromatic N) is 2. The van der Waals surface area contributed by atoms with Crippen LogP contribution in [0, 0.1) is 11.2 Å². The predicted octanol–water partition coefficient (Wildman–Crippen LogP) is 1.43. The second-order valence-corrected chi connectivity index (χ2v) is 6.13. The molecule has 5 nitrogen and oxygen atoms in total. The first-order valence-electron chi connectivity index (χ1n) is 7.36. The summed E-state index contributed by atoms with van der Waals surface area (Å²) in [5, 5.41) is 0. The lowest BCUT2D eigenvalue weighted by atomic mass is 9.86. The SMILES string of the molecule is COCC(=O)N1CC[C@]2(CC(=O)N(c3ccc(F)cc3)C2)C1. The number of rotatable bonds is 3. The summed E-state index contributed by atoms with van der Waals surface area (Å²) in [6.07, 6.45) is 1.24. The smallest absolute Gasteiger partial charge is 0.248 e. The molecule has 2 aliphatic heterocycles. The largest absolute Gasteiger partial charge is 0.375 e. The number of halogens is 1. The molecule has 2 heterocycles. The van der Waals surface area contributed by atoms with Gasteiger partial charge in [-0.15, -0.1) is 0 Å². The summed E-state index contributed by atoms with van der Waals surface area (Å²) in [4.78, 5) is 27.7. The van der Waals surface area contributed by atoms with Gasteiger partial charge in [0.15, 0.2) is 0 Å². The van der Waals surface area contributed by atoms with Gasteiger partial charge in [0, 0.05) is 44.3 Å². The summed E-state index contributed by atoms with van der Waals surface area (Å²) < 4.78 is 17.9. The van der Waals surface area contributed by atoms with Crippen LogP contribution in [0.2, 0.25) is 0 Å². The van der Waals surface area contributed by atoms with E-state index in [1.807, 2.05) is 0 Å². The number of anilines is 1. The Kier molecular flexibility index (Phi) is 3.87. The van der Waals surface area contributed by atoms with Crippen LogP contribution in [-0.2, 0) is 14.3 Å². The minimum absolute atomic E-state index is 0.0349. The molecule has 0 bridgehead atoms. The average molecular weight is 306 g/mol. The zero-order valence-corrected chi connectivity index (χ0v) is 12.5. The Labute approximate surface area is 128 Å². The van der Waals surface area contributed by atoms with Gasteiger partial charge in [-0.25, -0.2) is 4.39 Å². The molecule has 22 heavy (non-hydrogen) atoms. The maximum absolute atomic E-state index is 13.0. The van der Waals surface area contributed by atoms with E-state index in [2.05, 4.69) is 0 Å². The molecule has 1 atom stereocenters. The maximum Gasteiger partial charge on any atom is 0.248 e. The standard InChI is InChI=1S/C16H19FN2O3/c1-22-9-15(21)18-7-6-16(10-18)8-14(20)19(11-16)13-4-2-12(17)3-5-13/h2-5H,6-11H2,1H3/t16-/m0/s1. The molecule has 118 valence electrons. The minimum atomic E-state index is -0.317. The Hall–Kier alpha value is -1.95. The number of ether oxygens (including phenoxy) is 1. The molecule has 0 saturated carbocycles. The molecule has 6 heteroatoms. The van der Waals surface area contributed by atoms with Gasteiger partial charge in [0.2, 0.25) is 11.8 Å². The van der Waals surface area contributed by atoms with Crippen LogP contribution in [0.5, 0.6) is 0 Å². The maximum atomic E-state index is 13.0. The molecule has 2 fully saturated rings. The molecule has 2 amide bonds. The van der Waals surface area contributed by atoms with Gasteiger partial charge < -0.3 is 14.5 Å². The lowest BCUT2D eigenvalue weighted by Gasteiger charge is -2.24. The van der Waals surface area contributed by atoms with Gasteiger partial charge in [0.25, 0.3) is 0 Å². The van der Waals surface area contributed by atoms with Gasteiger partial charge in [-0.2, -0.15) is 0 Å². The zero-order valence-electron chi connectivity index (χ0n) is 12.5. The van der Waals surface area contributed by atoms with Crippen LogP contribution in [0.3, 0.4) is 0 Å². The van der Waals surface area contributed by atoms with E-state index in [0.717, 1.165) is 6.42 Å². The van der Waals surface area contributed by atoms with Crippen molar-refractivity contribution in [1.82, 2.24) is 4.90 Å². The fourth-order valence-electron chi connectivity index (χ4n) is 3.39. The van der Waals surface area contributed by atoms with Crippen molar-refractivity contribution in [2.24, 2.45) is 5.41 Å². The second-order valence-electron chi connectivity index (χ2n) is 6.13. The third-order valence-electron chi connectivity index (χ3n) is 4.52. The van der Waals surface area contributed by atoms with Gasteiger partial charge in [0.05, 0.1) is 0 Å². The topological polar surface area (TPSA) is 49.9 Å². The lowest BCUT2D eigenvalue weighted by molar-refractivity contribution is -0.134. The Morgan fingerprint density at radius 1 is 1.32 bits per heavy atom. The van der Waals surface area contributed by atoms with Gasteiger partial charge in [-0.3, -0.25) is 9.59 Å². The summed E-state index contributed by atoms with van der Waals surface area (Å²) in [6, 6.07) is 5.96. The highest BCUT2D eigenvalue weighted by molar-refractivity contribution is 5.96. The Morgan fingerprint density at radius 2 is 2.05 bits per heavy atom. The molecule has 0 aliphatic carbocycles. The Morgan fingerprint density at radius 3 is 2.73 bits per heavy atom. The van der Waals surface area contributed by atoms with Crippen LogP contribution in [0.15, 0.2) is 24.3 Å². The van der Waals surface area contributed by atoms with Crippen molar-refractivity contribution in [3.8, 4) is 0 Å². The quantitative estimate of drug-likeness (QED) is 0.849. The van der Waals surface area contributed by atoms with Gasteiger partial charge in [0.1, 0.15) is 12.4 Å². The van der Waals surface area contributed by atoms with Crippen LogP contribution in [-0.4, -0.2) is 50.1 Å².